The molecule has 2 radical (unpaired) electrons. The first-order valence-electron chi connectivity index (χ1n) is 4.16. The van der Waals surface area contributed by atoms with Crippen LogP contribution in [0.2, 0.25) is 0 Å². The van der Waals surface area contributed by atoms with Gasteiger partial charge in [-0.05, 0) is 12.1 Å². The van der Waals surface area contributed by atoms with Gasteiger partial charge in [0.25, 0.3) is 0 Å². The lowest BCUT2D eigenvalue weighted by Crippen LogP contribution is -2.09. The Bertz CT molecular complexity index is 295. The molecule has 0 saturated carbocycles. The number of esters is 1. The van der Waals surface area contributed by atoms with Crippen molar-refractivity contribution < 1.29 is 14.3 Å². The van der Waals surface area contributed by atoms with Crippen LogP contribution in [-0.2, 0) is 9.53 Å². The quantitative estimate of drug-likeness (QED) is 0.530. The lowest BCUT2D eigenvalue weighted by molar-refractivity contribution is -0.141. The number of hydrogen-bond donors (Lipinski definition) is 0. The standard InChI is InChI=1S/C10H11NO3/c1-8-3-4-10(7-11-8)14-6-5-13-9(2)12/h1,3-4,7H,5-6H2,2H3. The maximum absolute atomic E-state index is 10.4. The van der Waals surface area contributed by atoms with Gasteiger partial charge in [0, 0.05) is 19.5 Å². The summed E-state index contributed by atoms with van der Waals surface area (Å²) in [7, 11) is 0. The Morgan fingerprint density at radius 3 is 2.86 bits per heavy atom. The summed E-state index contributed by atoms with van der Waals surface area (Å²) < 4.78 is 9.89. The predicted octanol–water partition coefficient (Wildman–Crippen LogP) is 1.08. The fourth-order valence-corrected chi connectivity index (χ4v) is 0.822. The highest BCUT2D eigenvalue weighted by atomic mass is 16.6. The average Bonchev–Trinajstić information content (AvgIpc) is 2.15. The first-order chi connectivity index (χ1) is 6.68. The van der Waals surface area contributed by atoms with Crippen LogP contribution in [0.1, 0.15) is 12.6 Å². The average molecular weight is 193 g/mol. The van der Waals surface area contributed by atoms with Crippen molar-refractivity contribution in [2.45, 2.75) is 6.92 Å². The lowest BCUT2D eigenvalue weighted by atomic mass is 10.4. The van der Waals surface area contributed by atoms with E-state index in [-0.39, 0.29) is 12.6 Å². The zero-order valence-electron chi connectivity index (χ0n) is 7.90. The van der Waals surface area contributed by atoms with Crippen LogP contribution in [0.4, 0.5) is 0 Å². The molecule has 4 heteroatoms. The van der Waals surface area contributed by atoms with Gasteiger partial charge in [-0.15, -0.1) is 0 Å². The molecule has 0 spiro atoms. The van der Waals surface area contributed by atoms with E-state index >= 15 is 0 Å². The van der Waals surface area contributed by atoms with Crippen molar-refractivity contribution in [1.82, 2.24) is 4.98 Å². The van der Waals surface area contributed by atoms with Gasteiger partial charge < -0.3 is 9.47 Å². The molecule has 14 heavy (non-hydrogen) atoms. The molecule has 74 valence electrons. The van der Waals surface area contributed by atoms with Crippen LogP contribution in [0.15, 0.2) is 18.3 Å². The Balaban J connectivity index is 2.25. The van der Waals surface area contributed by atoms with Gasteiger partial charge in [0.2, 0.25) is 0 Å². The lowest BCUT2D eigenvalue weighted by Gasteiger charge is -2.05. The van der Waals surface area contributed by atoms with Gasteiger partial charge in [-0.25, -0.2) is 0 Å². The van der Waals surface area contributed by atoms with Crippen molar-refractivity contribution in [3.05, 3.63) is 30.9 Å². The van der Waals surface area contributed by atoms with E-state index in [0.29, 0.717) is 18.1 Å². The third kappa shape index (κ3) is 3.89. The second-order valence-corrected chi connectivity index (χ2v) is 2.61. The van der Waals surface area contributed by atoms with Crippen LogP contribution in [0, 0.1) is 6.92 Å². The predicted molar refractivity (Wildman–Crippen MR) is 49.8 cm³/mol. The number of ether oxygens (including phenoxy) is 2. The van der Waals surface area contributed by atoms with E-state index < -0.39 is 0 Å². The molecule has 0 aliphatic carbocycles. The smallest absolute Gasteiger partial charge is 0.302 e. The first kappa shape index (κ1) is 10.5. The molecule has 0 bridgehead atoms. The number of carbonyl (C=O) groups excluding carboxylic acids is 1. The Morgan fingerprint density at radius 2 is 2.29 bits per heavy atom. The van der Waals surface area contributed by atoms with Gasteiger partial charge in [0.05, 0.1) is 6.20 Å². The molecule has 1 aromatic rings. The first-order valence-corrected chi connectivity index (χ1v) is 4.16. The van der Waals surface area contributed by atoms with Crippen molar-refractivity contribution in [3.63, 3.8) is 0 Å². The number of carbonyl (C=O) groups is 1. The summed E-state index contributed by atoms with van der Waals surface area (Å²) in [5.74, 6) is 0.287. The van der Waals surface area contributed by atoms with Gasteiger partial charge in [-0.1, -0.05) is 0 Å². The van der Waals surface area contributed by atoms with Crippen LogP contribution in [0.5, 0.6) is 5.75 Å². The van der Waals surface area contributed by atoms with Crippen LogP contribution in [-0.4, -0.2) is 24.2 Å². The van der Waals surface area contributed by atoms with Crippen molar-refractivity contribution in [2.24, 2.45) is 0 Å². The van der Waals surface area contributed by atoms with Gasteiger partial charge in [0.1, 0.15) is 19.0 Å². The van der Waals surface area contributed by atoms with E-state index in [1.165, 1.54) is 13.1 Å². The van der Waals surface area contributed by atoms with E-state index in [4.69, 9.17) is 11.7 Å². The molecule has 1 aromatic heterocycles. The number of aromatic nitrogens is 1. The Hall–Kier alpha value is -1.58. The van der Waals surface area contributed by atoms with E-state index in [1.807, 2.05) is 0 Å². The fraction of sp³-hybridized carbons (Fsp3) is 0.300. The van der Waals surface area contributed by atoms with E-state index in [1.54, 1.807) is 12.1 Å². The number of hydrogen-bond acceptors (Lipinski definition) is 4. The highest BCUT2D eigenvalue weighted by Crippen LogP contribution is 2.07. The minimum Gasteiger partial charge on any atom is -0.488 e. The van der Waals surface area contributed by atoms with Crippen LogP contribution >= 0.6 is 0 Å². The zero-order chi connectivity index (χ0) is 10.4. The van der Waals surface area contributed by atoms with Gasteiger partial charge >= 0.3 is 5.97 Å². The van der Waals surface area contributed by atoms with Crippen molar-refractivity contribution >= 4 is 5.97 Å². The molecule has 0 atom stereocenters. The molecule has 0 aliphatic rings. The van der Waals surface area contributed by atoms with Crippen molar-refractivity contribution in [3.8, 4) is 5.75 Å². The number of nitrogens with zero attached hydrogens (tertiary/aromatic N) is 1. The van der Waals surface area contributed by atoms with Gasteiger partial charge in [-0.3, -0.25) is 9.78 Å². The fourth-order valence-electron chi connectivity index (χ4n) is 0.822. The molecule has 4 nitrogen and oxygen atoms in total. The Morgan fingerprint density at radius 1 is 1.50 bits per heavy atom. The summed E-state index contributed by atoms with van der Waals surface area (Å²) in [4.78, 5) is 14.2. The summed E-state index contributed by atoms with van der Waals surface area (Å²) in [6.45, 7) is 7.28. The zero-order valence-corrected chi connectivity index (χ0v) is 7.90. The molecule has 0 unspecified atom stereocenters. The van der Waals surface area contributed by atoms with Crippen LogP contribution in [0.3, 0.4) is 0 Å². The maximum Gasteiger partial charge on any atom is 0.302 e. The molecule has 0 saturated heterocycles. The molecule has 0 N–H and O–H groups in total. The summed E-state index contributed by atoms with van der Waals surface area (Å²) in [5.41, 5.74) is 0.442. The Labute approximate surface area is 82.9 Å². The minimum atomic E-state index is -0.316. The van der Waals surface area contributed by atoms with Crippen molar-refractivity contribution in [1.29, 1.82) is 0 Å². The highest BCUT2D eigenvalue weighted by Gasteiger charge is 1.95. The minimum absolute atomic E-state index is 0.236. The molecule has 0 aliphatic heterocycles. The van der Waals surface area contributed by atoms with Gasteiger partial charge in [0.15, 0.2) is 0 Å². The summed E-state index contributed by atoms with van der Waals surface area (Å²) in [6.07, 6.45) is 1.52. The molecular weight excluding hydrogens is 182 g/mol. The molecular formula is C10H11NO3. The van der Waals surface area contributed by atoms with Crippen molar-refractivity contribution in [2.75, 3.05) is 13.2 Å². The highest BCUT2D eigenvalue weighted by molar-refractivity contribution is 5.65. The molecule has 0 amide bonds. The normalized spacial score (nSPS) is 9.57. The second-order valence-electron chi connectivity index (χ2n) is 2.61. The molecule has 1 heterocycles. The second kappa shape index (κ2) is 5.21. The topological polar surface area (TPSA) is 48.4 Å². The summed E-state index contributed by atoms with van der Waals surface area (Å²) in [5, 5.41) is 0. The van der Waals surface area contributed by atoms with E-state index in [0.717, 1.165) is 0 Å². The van der Waals surface area contributed by atoms with Crippen LogP contribution in [0.25, 0.3) is 0 Å². The van der Waals surface area contributed by atoms with E-state index in [9.17, 15) is 4.79 Å². The summed E-state index contributed by atoms with van der Waals surface area (Å²) in [6, 6.07) is 3.34. The summed E-state index contributed by atoms with van der Waals surface area (Å²) >= 11 is 0. The largest absolute Gasteiger partial charge is 0.488 e. The number of pyridine rings is 1. The van der Waals surface area contributed by atoms with Gasteiger partial charge in [-0.2, -0.15) is 0 Å². The molecule has 0 aromatic carbocycles. The SMILES string of the molecule is [CH]c1ccc(OCCOC(C)=O)cn1. The van der Waals surface area contributed by atoms with Crippen LogP contribution < -0.4 is 4.74 Å². The molecule has 1 rings (SSSR count). The Kier molecular flexibility index (Phi) is 3.91. The third-order valence-corrected chi connectivity index (χ3v) is 1.42. The monoisotopic (exact) mass is 193 g/mol. The number of rotatable bonds is 4. The third-order valence-electron chi connectivity index (χ3n) is 1.42. The van der Waals surface area contributed by atoms with E-state index in [2.05, 4.69) is 9.72 Å². The molecule has 0 fully saturated rings. The maximum atomic E-state index is 10.4.